The third kappa shape index (κ3) is 5.24. The first-order valence-corrected chi connectivity index (χ1v) is 8.23. The number of anilines is 2. The van der Waals surface area contributed by atoms with Crippen molar-refractivity contribution in [3.8, 4) is 0 Å². The third-order valence-electron chi connectivity index (χ3n) is 3.97. The van der Waals surface area contributed by atoms with Gasteiger partial charge in [0.2, 0.25) is 11.8 Å². The Hall–Kier alpha value is -3.02. The molecule has 6 heteroatoms. The lowest BCUT2D eigenvalue weighted by Gasteiger charge is -2.09. The van der Waals surface area contributed by atoms with Crippen molar-refractivity contribution in [2.45, 2.75) is 33.6 Å². The number of nitrogens with one attached hydrogen (secondary N) is 2. The predicted molar refractivity (Wildman–Crippen MR) is 98.8 cm³/mol. The SMILES string of the molecule is CC(=O)Nc1ccc(F)c(NC(=O)CCC(=O)c2ccc(C)c(C)c2)c1. The number of carbonyl (C=O) groups excluding carboxylic acids is 3. The number of hydrogen-bond acceptors (Lipinski definition) is 3. The Balaban J connectivity index is 1.97. The third-order valence-corrected chi connectivity index (χ3v) is 3.97. The van der Waals surface area contributed by atoms with Crippen LogP contribution in [-0.2, 0) is 9.59 Å². The Morgan fingerprint density at radius 3 is 2.31 bits per heavy atom. The summed E-state index contributed by atoms with van der Waals surface area (Å²) in [5.41, 5.74) is 2.99. The largest absolute Gasteiger partial charge is 0.326 e. The monoisotopic (exact) mass is 356 g/mol. The number of rotatable bonds is 6. The lowest BCUT2D eigenvalue weighted by Crippen LogP contribution is -2.15. The Morgan fingerprint density at radius 1 is 0.923 bits per heavy atom. The maximum Gasteiger partial charge on any atom is 0.224 e. The summed E-state index contributed by atoms with van der Waals surface area (Å²) < 4.78 is 13.8. The number of amides is 2. The van der Waals surface area contributed by atoms with Gasteiger partial charge in [0.05, 0.1) is 5.69 Å². The lowest BCUT2D eigenvalue weighted by atomic mass is 10.0. The second-order valence-electron chi connectivity index (χ2n) is 6.15. The summed E-state index contributed by atoms with van der Waals surface area (Å²) in [5.74, 6) is -1.53. The lowest BCUT2D eigenvalue weighted by molar-refractivity contribution is -0.116. The molecule has 0 radical (unpaired) electrons. The van der Waals surface area contributed by atoms with E-state index in [1.807, 2.05) is 19.9 Å². The molecule has 2 N–H and O–H groups in total. The molecule has 0 bridgehead atoms. The molecule has 26 heavy (non-hydrogen) atoms. The van der Waals surface area contributed by atoms with Gasteiger partial charge in [-0.05, 0) is 49.2 Å². The van der Waals surface area contributed by atoms with Crippen molar-refractivity contribution in [1.29, 1.82) is 0 Å². The van der Waals surface area contributed by atoms with Gasteiger partial charge in [-0.3, -0.25) is 14.4 Å². The van der Waals surface area contributed by atoms with E-state index in [1.54, 1.807) is 12.1 Å². The van der Waals surface area contributed by atoms with Crippen molar-refractivity contribution in [3.05, 3.63) is 58.9 Å². The normalized spacial score (nSPS) is 10.3. The second kappa shape index (κ2) is 8.38. The number of hydrogen-bond donors (Lipinski definition) is 2. The average Bonchev–Trinajstić information content (AvgIpc) is 2.57. The molecule has 0 atom stereocenters. The van der Waals surface area contributed by atoms with Crippen LogP contribution in [0, 0.1) is 19.7 Å². The van der Waals surface area contributed by atoms with E-state index in [1.165, 1.54) is 19.1 Å². The van der Waals surface area contributed by atoms with E-state index < -0.39 is 11.7 Å². The molecule has 5 nitrogen and oxygen atoms in total. The van der Waals surface area contributed by atoms with Gasteiger partial charge >= 0.3 is 0 Å². The second-order valence-corrected chi connectivity index (χ2v) is 6.15. The van der Waals surface area contributed by atoms with E-state index in [4.69, 9.17) is 0 Å². The molecule has 0 aliphatic rings. The minimum Gasteiger partial charge on any atom is -0.326 e. The average molecular weight is 356 g/mol. The van der Waals surface area contributed by atoms with E-state index in [-0.39, 0.29) is 30.2 Å². The van der Waals surface area contributed by atoms with Crippen molar-refractivity contribution in [1.82, 2.24) is 0 Å². The number of ketones is 1. The van der Waals surface area contributed by atoms with Crippen molar-refractivity contribution in [3.63, 3.8) is 0 Å². The highest BCUT2D eigenvalue weighted by Gasteiger charge is 2.12. The smallest absolute Gasteiger partial charge is 0.224 e. The molecule has 2 aromatic carbocycles. The van der Waals surface area contributed by atoms with Gasteiger partial charge in [-0.15, -0.1) is 0 Å². The van der Waals surface area contributed by atoms with Crippen LogP contribution in [0.1, 0.15) is 41.3 Å². The number of aryl methyl sites for hydroxylation is 2. The van der Waals surface area contributed by atoms with Gasteiger partial charge in [0, 0.05) is 31.0 Å². The zero-order valence-electron chi connectivity index (χ0n) is 15.0. The van der Waals surface area contributed by atoms with Gasteiger partial charge in [0.15, 0.2) is 5.78 Å². The van der Waals surface area contributed by atoms with Crippen LogP contribution in [0.2, 0.25) is 0 Å². The maximum absolute atomic E-state index is 13.8. The number of benzene rings is 2. The molecule has 0 fully saturated rings. The van der Waals surface area contributed by atoms with Gasteiger partial charge < -0.3 is 10.6 Å². The van der Waals surface area contributed by atoms with Crippen molar-refractivity contribution in [2.75, 3.05) is 10.6 Å². The molecule has 2 aromatic rings. The van der Waals surface area contributed by atoms with Crippen LogP contribution in [0.4, 0.5) is 15.8 Å². The number of halogens is 1. The van der Waals surface area contributed by atoms with Gasteiger partial charge in [0.1, 0.15) is 5.82 Å². The summed E-state index contributed by atoms with van der Waals surface area (Å²) in [5, 5.41) is 4.95. The van der Waals surface area contributed by atoms with E-state index in [9.17, 15) is 18.8 Å². The zero-order chi connectivity index (χ0) is 19.3. The van der Waals surface area contributed by atoms with E-state index >= 15 is 0 Å². The summed E-state index contributed by atoms with van der Waals surface area (Å²) >= 11 is 0. The van der Waals surface area contributed by atoms with Crippen molar-refractivity contribution in [2.24, 2.45) is 0 Å². The molecule has 0 aromatic heterocycles. The Labute approximate surface area is 151 Å². The first kappa shape index (κ1) is 19.3. The Kier molecular flexibility index (Phi) is 6.22. The molecular formula is C20H21FN2O3. The van der Waals surface area contributed by atoms with Crippen LogP contribution < -0.4 is 10.6 Å². The van der Waals surface area contributed by atoms with Crippen LogP contribution in [0.5, 0.6) is 0 Å². The van der Waals surface area contributed by atoms with E-state index in [2.05, 4.69) is 10.6 Å². The molecule has 136 valence electrons. The summed E-state index contributed by atoms with van der Waals surface area (Å²) in [7, 11) is 0. The van der Waals surface area contributed by atoms with Gasteiger partial charge in [-0.2, -0.15) is 0 Å². The summed E-state index contributed by atoms with van der Waals surface area (Å²) in [6.07, 6.45) is -0.0309. The van der Waals surface area contributed by atoms with Gasteiger partial charge in [-0.1, -0.05) is 12.1 Å². The minimum absolute atomic E-state index is 0.0291. The fraction of sp³-hybridized carbons (Fsp3) is 0.250. The molecule has 2 rings (SSSR count). The highest BCUT2D eigenvalue weighted by Crippen LogP contribution is 2.20. The molecular weight excluding hydrogens is 335 g/mol. The fourth-order valence-corrected chi connectivity index (χ4v) is 2.40. The Morgan fingerprint density at radius 2 is 1.65 bits per heavy atom. The zero-order valence-corrected chi connectivity index (χ0v) is 15.0. The van der Waals surface area contributed by atoms with Crippen LogP contribution in [0.25, 0.3) is 0 Å². The number of carbonyl (C=O) groups is 3. The first-order valence-electron chi connectivity index (χ1n) is 8.23. The van der Waals surface area contributed by atoms with E-state index in [0.29, 0.717) is 11.3 Å². The standard InChI is InChI=1S/C20H21FN2O3/c1-12-4-5-15(10-13(12)2)19(25)8-9-20(26)23-18-11-16(22-14(3)24)6-7-17(18)21/h4-7,10-11H,8-9H2,1-3H3,(H,22,24)(H,23,26). The maximum atomic E-state index is 13.8. The molecule has 0 heterocycles. The van der Waals surface area contributed by atoms with Crippen LogP contribution in [0.15, 0.2) is 36.4 Å². The fourth-order valence-electron chi connectivity index (χ4n) is 2.40. The number of Topliss-reactive ketones (excluding diaryl/α,β-unsaturated/α-hetero) is 1. The van der Waals surface area contributed by atoms with Gasteiger partial charge in [-0.25, -0.2) is 4.39 Å². The predicted octanol–water partition coefficient (Wildman–Crippen LogP) is 4.00. The molecule has 0 unspecified atom stereocenters. The van der Waals surface area contributed by atoms with E-state index in [0.717, 1.165) is 17.2 Å². The van der Waals surface area contributed by atoms with Crippen LogP contribution in [-0.4, -0.2) is 17.6 Å². The van der Waals surface area contributed by atoms with Crippen molar-refractivity contribution < 1.29 is 18.8 Å². The van der Waals surface area contributed by atoms with Crippen LogP contribution in [0.3, 0.4) is 0 Å². The molecule has 0 saturated carbocycles. The summed E-state index contributed by atoms with van der Waals surface area (Å²) in [6.45, 7) is 5.21. The summed E-state index contributed by atoms with van der Waals surface area (Å²) in [4.78, 5) is 35.3. The highest BCUT2D eigenvalue weighted by molar-refractivity contribution is 6.00. The molecule has 0 saturated heterocycles. The molecule has 0 spiro atoms. The van der Waals surface area contributed by atoms with Gasteiger partial charge in [0.25, 0.3) is 0 Å². The van der Waals surface area contributed by atoms with Crippen LogP contribution >= 0.6 is 0 Å². The van der Waals surface area contributed by atoms with Crippen molar-refractivity contribution >= 4 is 29.0 Å². The molecule has 2 amide bonds. The quantitative estimate of drug-likeness (QED) is 0.768. The first-order chi connectivity index (χ1) is 12.3. The molecule has 0 aliphatic heterocycles. The minimum atomic E-state index is -0.618. The summed E-state index contributed by atoms with van der Waals surface area (Å²) in [6, 6.07) is 9.29. The molecule has 0 aliphatic carbocycles. The topological polar surface area (TPSA) is 75.3 Å². The highest BCUT2D eigenvalue weighted by atomic mass is 19.1. The Bertz CT molecular complexity index is 862.